The van der Waals surface area contributed by atoms with E-state index >= 15 is 0 Å². The number of hydrazine groups is 1. The van der Waals surface area contributed by atoms with Crippen LogP contribution in [0.4, 0.5) is 5.69 Å². The fourth-order valence-electron chi connectivity index (χ4n) is 2.04. The number of hydrogen-bond acceptors (Lipinski definition) is 4. The summed E-state index contributed by atoms with van der Waals surface area (Å²) >= 11 is 0. The standard InChI is InChI=1S/C16H19NO.CH4N2O/c1-12(2)14-7-4-8-16(17-3)15(14)10-9-13-6-5-11-18-13;2-3-1-4/h4-12,17H,1-3H3;1H,2H2,(H,3,4)/b10-9+;. The minimum atomic E-state index is 0.403. The molecule has 1 aromatic heterocycles. The Bertz CT molecular complexity index is 590. The lowest BCUT2D eigenvalue weighted by molar-refractivity contribution is -0.109. The summed E-state index contributed by atoms with van der Waals surface area (Å²) in [6.07, 6.45) is 6.20. The third-order valence-corrected chi connectivity index (χ3v) is 3.06. The average Bonchev–Trinajstić information content (AvgIpc) is 3.06. The molecule has 4 N–H and O–H groups in total. The summed E-state index contributed by atoms with van der Waals surface area (Å²) in [6, 6.07) is 10.2. The maximum Gasteiger partial charge on any atom is 0.221 e. The number of benzene rings is 1. The number of carbonyl (C=O) groups is 1. The Kier molecular flexibility index (Phi) is 7.50. The molecule has 0 radical (unpaired) electrons. The zero-order chi connectivity index (χ0) is 16.4. The number of furan rings is 1. The third kappa shape index (κ3) is 5.10. The first-order chi connectivity index (χ1) is 10.6. The van der Waals surface area contributed by atoms with Crippen LogP contribution in [0.3, 0.4) is 0 Å². The number of rotatable bonds is 5. The van der Waals surface area contributed by atoms with Crippen LogP contribution in [0, 0.1) is 0 Å². The van der Waals surface area contributed by atoms with Crippen LogP contribution >= 0.6 is 0 Å². The van der Waals surface area contributed by atoms with Gasteiger partial charge in [0.1, 0.15) is 5.76 Å². The normalized spacial score (nSPS) is 10.2. The third-order valence-electron chi connectivity index (χ3n) is 3.06. The molecule has 1 amide bonds. The molecule has 2 aromatic rings. The van der Waals surface area contributed by atoms with E-state index in [-0.39, 0.29) is 0 Å². The maximum atomic E-state index is 8.94. The van der Waals surface area contributed by atoms with Gasteiger partial charge in [0, 0.05) is 18.3 Å². The highest BCUT2D eigenvalue weighted by atomic mass is 16.3. The number of hydrogen-bond donors (Lipinski definition) is 3. The highest BCUT2D eigenvalue weighted by Gasteiger charge is 2.07. The molecule has 22 heavy (non-hydrogen) atoms. The molecule has 0 aliphatic heterocycles. The summed E-state index contributed by atoms with van der Waals surface area (Å²) in [4.78, 5) is 8.94. The first kappa shape index (κ1) is 17.5. The van der Waals surface area contributed by atoms with Gasteiger partial charge in [0.25, 0.3) is 0 Å². The van der Waals surface area contributed by atoms with Gasteiger partial charge < -0.3 is 9.73 Å². The summed E-state index contributed by atoms with van der Waals surface area (Å²) < 4.78 is 5.32. The van der Waals surface area contributed by atoms with Crippen LogP contribution in [0.2, 0.25) is 0 Å². The molecule has 1 heterocycles. The van der Waals surface area contributed by atoms with Crippen molar-refractivity contribution in [1.82, 2.24) is 5.43 Å². The second-order valence-electron chi connectivity index (χ2n) is 4.85. The predicted molar refractivity (Wildman–Crippen MR) is 91.1 cm³/mol. The van der Waals surface area contributed by atoms with E-state index in [4.69, 9.17) is 9.21 Å². The first-order valence-electron chi connectivity index (χ1n) is 7.06. The summed E-state index contributed by atoms with van der Waals surface area (Å²) in [5.74, 6) is 5.78. The topological polar surface area (TPSA) is 80.3 Å². The molecular formula is C17H23N3O2. The van der Waals surface area contributed by atoms with Gasteiger partial charge in [-0.25, -0.2) is 5.84 Å². The van der Waals surface area contributed by atoms with Crippen LogP contribution in [0.25, 0.3) is 12.2 Å². The van der Waals surface area contributed by atoms with Crippen molar-refractivity contribution in [3.8, 4) is 0 Å². The van der Waals surface area contributed by atoms with Gasteiger partial charge in [-0.2, -0.15) is 0 Å². The Morgan fingerprint density at radius 1 is 1.18 bits per heavy atom. The number of amides is 1. The maximum absolute atomic E-state index is 8.94. The molecule has 118 valence electrons. The van der Waals surface area contributed by atoms with Crippen LogP contribution in [0.1, 0.15) is 36.7 Å². The molecule has 1 aromatic carbocycles. The van der Waals surface area contributed by atoms with Gasteiger partial charge in [-0.1, -0.05) is 26.0 Å². The zero-order valence-corrected chi connectivity index (χ0v) is 13.2. The Hall–Kier alpha value is -2.53. The van der Waals surface area contributed by atoms with Crippen LogP contribution in [0.5, 0.6) is 0 Å². The Morgan fingerprint density at radius 3 is 2.41 bits per heavy atom. The largest absolute Gasteiger partial charge is 0.465 e. The first-order valence-corrected chi connectivity index (χ1v) is 7.06. The molecule has 0 saturated carbocycles. The molecule has 5 heteroatoms. The molecule has 0 fully saturated rings. The summed E-state index contributed by atoms with van der Waals surface area (Å²) in [6.45, 7) is 4.41. The van der Waals surface area contributed by atoms with Crippen molar-refractivity contribution in [3.63, 3.8) is 0 Å². The SMILES string of the molecule is CNc1cccc(C(C)C)c1/C=C/c1ccco1.NNC=O. The van der Waals surface area contributed by atoms with Crippen molar-refractivity contribution in [3.05, 3.63) is 53.5 Å². The number of nitrogens with two attached hydrogens (primary N) is 1. The van der Waals surface area contributed by atoms with Gasteiger partial charge in [-0.15, -0.1) is 0 Å². The lowest BCUT2D eigenvalue weighted by Gasteiger charge is -2.14. The molecule has 0 saturated heterocycles. The van der Waals surface area contributed by atoms with E-state index in [2.05, 4.69) is 49.3 Å². The summed E-state index contributed by atoms with van der Waals surface area (Å²) in [5, 5.41) is 3.24. The molecule has 0 bridgehead atoms. The van der Waals surface area contributed by atoms with Crippen molar-refractivity contribution in [2.24, 2.45) is 5.84 Å². The summed E-state index contributed by atoms with van der Waals surface area (Å²) in [5.41, 5.74) is 5.46. The van der Waals surface area contributed by atoms with Crippen LogP contribution in [-0.2, 0) is 4.79 Å². The van der Waals surface area contributed by atoms with Gasteiger partial charge in [-0.3, -0.25) is 10.2 Å². The average molecular weight is 301 g/mol. The molecular weight excluding hydrogens is 278 g/mol. The van der Waals surface area contributed by atoms with Crippen molar-refractivity contribution in [2.75, 3.05) is 12.4 Å². The van der Waals surface area contributed by atoms with Gasteiger partial charge in [0.05, 0.1) is 6.26 Å². The second kappa shape index (κ2) is 9.41. The highest BCUT2D eigenvalue weighted by Crippen LogP contribution is 2.28. The van der Waals surface area contributed by atoms with Gasteiger partial charge in [-0.05, 0) is 41.8 Å². The lowest BCUT2D eigenvalue weighted by Crippen LogP contribution is -2.18. The Morgan fingerprint density at radius 2 is 1.91 bits per heavy atom. The molecule has 0 aliphatic rings. The molecule has 0 spiro atoms. The molecule has 0 atom stereocenters. The van der Waals surface area contributed by atoms with Crippen molar-refractivity contribution < 1.29 is 9.21 Å². The van der Waals surface area contributed by atoms with Gasteiger partial charge in [0.15, 0.2) is 0 Å². The lowest BCUT2D eigenvalue weighted by atomic mass is 9.95. The number of carbonyl (C=O) groups excluding carboxylic acids is 1. The van der Waals surface area contributed by atoms with Crippen molar-refractivity contribution >= 4 is 24.2 Å². The van der Waals surface area contributed by atoms with E-state index in [0.717, 1.165) is 11.4 Å². The van der Waals surface area contributed by atoms with Crippen molar-refractivity contribution in [2.45, 2.75) is 19.8 Å². The molecule has 0 unspecified atom stereocenters. The minimum absolute atomic E-state index is 0.403. The summed E-state index contributed by atoms with van der Waals surface area (Å²) in [7, 11) is 1.95. The minimum Gasteiger partial charge on any atom is -0.465 e. The quantitative estimate of drug-likeness (QED) is 0.343. The fraction of sp³-hybridized carbons (Fsp3) is 0.235. The molecule has 0 aliphatic carbocycles. The smallest absolute Gasteiger partial charge is 0.221 e. The Labute approximate surface area is 131 Å². The van der Waals surface area contributed by atoms with E-state index in [9.17, 15) is 0 Å². The van der Waals surface area contributed by atoms with Crippen LogP contribution in [-0.4, -0.2) is 13.5 Å². The van der Waals surface area contributed by atoms with E-state index < -0.39 is 0 Å². The molecule has 2 rings (SSSR count). The monoisotopic (exact) mass is 301 g/mol. The predicted octanol–water partition coefficient (Wildman–Crippen LogP) is 3.22. The van der Waals surface area contributed by atoms with Crippen molar-refractivity contribution in [1.29, 1.82) is 0 Å². The van der Waals surface area contributed by atoms with Gasteiger partial charge in [0.2, 0.25) is 6.41 Å². The second-order valence-corrected chi connectivity index (χ2v) is 4.85. The van der Waals surface area contributed by atoms with Gasteiger partial charge >= 0.3 is 0 Å². The van der Waals surface area contributed by atoms with Crippen LogP contribution < -0.4 is 16.6 Å². The fourth-order valence-corrected chi connectivity index (χ4v) is 2.04. The van der Waals surface area contributed by atoms with E-state index in [1.54, 1.807) is 11.7 Å². The Balaban J connectivity index is 0.000000541. The number of nitrogens with one attached hydrogen (secondary N) is 2. The zero-order valence-electron chi connectivity index (χ0n) is 13.2. The molecule has 5 nitrogen and oxygen atoms in total. The highest BCUT2D eigenvalue weighted by molar-refractivity contribution is 5.77. The van der Waals surface area contributed by atoms with Crippen LogP contribution in [0.15, 0.2) is 41.0 Å². The number of anilines is 1. The van der Waals surface area contributed by atoms with E-state index in [1.165, 1.54) is 11.1 Å². The van der Waals surface area contributed by atoms with E-state index in [0.29, 0.717) is 12.3 Å². The van der Waals surface area contributed by atoms with E-state index in [1.807, 2.05) is 25.3 Å².